The molecule has 4 nitrogen and oxygen atoms in total. The molecule has 0 amide bonds. The largest absolute Gasteiger partial charge is 0.377 e. The molecule has 0 bridgehead atoms. The summed E-state index contributed by atoms with van der Waals surface area (Å²) in [5.41, 5.74) is 8.62. The van der Waals surface area contributed by atoms with Gasteiger partial charge < -0.3 is 10.3 Å². The highest BCUT2D eigenvalue weighted by molar-refractivity contribution is 5.57. The highest BCUT2D eigenvalue weighted by Gasteiger charge is 2.22. The highest BCUT2D eigenvalue weighted by Crippen LogP contribution is 2.30. The van der Waals surface area contributed by atoms with Crippen LogP contribution in [0, 0.1) is 0 Å². The van der Waals surface area contributed by atoms with Crippen LogP contribution in [0.5, 0.6) is 0 Å². The van der Waals surface area contributed by atoms with E-state index in [-0.39, 0.29) is 0 Å². The van der Waals surface area contributed by atoms with E-state index in [0.29, 0.717) is 0 Å². The smallest absolute Gasteiger partial charge is 0.0520 e. The Bertz CT molecular complexity index is 566. The maximum atomic E-state index is 4.03. The SMILES string of the molecule is CN(C)c1cccc2c1CN(Nc1ccncc1)C2. The van der Waals surface area contributed by atoms with Gasteiger partial charge in [0.15, 0.2) is 0 Å². The number of nitrogens with zero attached hydrogens (tertiary/aromatic N) is 3. The van der Waals surface area contributed by atoms with E-state index < -0.39 is 0 Å². The number of hydrogen-bond acceptors (Lipinski definition) is 4. The van der Waals surface area contributed by atoms with Crippen LogP contribution in [0.1, 0.15) is 11.1 Å². The molecule has 0 saturated heterocycles. The molecule has 98 valence electrons. The Labute approximate surface area is 113 Å². The molecule has 2 aromatic rings. The molecule has 19 heavy (non-hydrogen) atoms. The van der Waals surface area contributed by atoms with E-state index in [1.165, 1.54) is 16.8 Å². The quantitative estimate of drug-likeness (QED) is 0.912. The summed E-state index contributed by atoms with van der Waals surface area (Å²) in [7, 11) is 4.18. The lowest BCUT2D eigenvalue weighted by atomic mass is 10.1. The molecular formula is C15H18N4. The van der Waals surface area contributed by atoms with Crippen molar-refractivity contribution in [2.75, 3.05) is 24.4 Å². The molecule has 0 atom stereocenters. The van der Waals surface area contributed by atoms with Gasteiger partial charge in [0.2, 0.25) is 0 Å². The third kappa shape index (κ3) is 2.39. The van der Waals surface area contributed by atoms with Crippen molar-refractivity contribution in [3.8, 4) is 0 Å². The first kappa shape index (κ1) is 12.0. The molecule has 1 aliphatic rings. The summed E-state index contributed by atoms with van der Waals surface area (Å²) < 4.78 is 0. The van der Waals surface area contributed by atoms with Crippen LogP contribution in [0.25, 0.3) is 0 Å². The number of hydrogen-bond donors (Lipinski definition) is 1. The molecule has 0 aliphatic carbocycles. The fraction of sp³-hybridized carbons (Fsp3) is 0.267. The number of pyridine rings is 1. The van der Waals surface area contributed by atoms with Gasteiger partial charge in [-0.2, -0.15) is 0 Å². The molecule has 1 aromatic heterocycles. The Morgan fingerprint density at radius 3 is 2.63 bits per heavy atom. The molecule has 1 aromatic carbocycles. The van der Waals surface area contributed by atoms with Gasteiger partial charge in [0.1, 0.15) is 0 Å². The van der Waals surface area contributed by atoms with E-state index in [1.807, 2.05) is 12.1 Å². The second kappa shape index (κ2) is 4.90. The van der Waals surface area contributed by atoms with Gasteiger partial charge in [0, 0.05) is 45.3 Å². The van der Waals surface area contributed by atoms with E-state index in [0.717, 1.165) is 18.8 Å². The predicted molar refractivity (Wildman–Crippen MR) is 77.9 cm³/mol. The Kier molecular flexibility index (Phi) is 3.09. The van der Waals surface area contributed by atoms with Gasteiger partial charge >= 0.3 is 0 Å². The Morgan fingerprint density at radius 2 is 1.89 bits per heavy atom. The molecule has 4 heteroatoms. The van der Waals surface area contributed by atoms with Gasteiger partial charge in [-0.3, -0.25) is 4.98 Å². The van der Waals surface area contributed by atoms with Crippen LogP contribution >= 0.6 is 0 Å². The van der Waals surface area contributed by atoms with Crippen molar-refractivity contribution in [1.29, 1.82) is 0 Å². The first-order valence-corrected chi connectivity index (χ1v) is 6.44. The Balaban J connectivity index is 1.79. The summed E-state index contributed by atoms with van der Waals surface area (Å²) in [4.78, 5) is 6.21. The number of rotatable bonds is 3. The van der Waals surface area contributed by atoms with Crippen molar-refractivity contribution in [3.05, 3.63) is 53.9 Å². The van der Waals surface area contributed by atoms with Crippen LogP contribution in [0.4, 0.5) is 11.4 Å². The van der Waals surface area contributed by atoms with Crippen molar-refractivity contribution >= 4 is 11.4 Å². The fourth-order valence-electron chi connectivity index (χ4n) is 2.51. The molecule has 0 unspecified atom stereocenters. The number of fused-ring (bicyclic) bond motifs is 1. The summed E-state index contributed by atoms with van der Waals surface area (Å²) in [5, 5.41) is 2.23. The fourth-order valence-corrected chi connectivity index (χ4v) is 2.51. The monoisotopic (exact) mass is 254 g/mol. The van der Waals surface area contributed by atoms with Crippen LogP contribution in [-0.4, -0.2) is 24.1 Å². The minimum Gasteiger partial charge on any atom is -0.377 e. The highest BCUT2D eigenvalue weighted by atomic mass is 15.5. The van der Waals surface area contributed by atoms with Crippen molar-refractivity contribution in [2.45, 2.75) is 13.1 Å². The maximum Gasteiger partial charge on any atom is 0.0520 e. The third-order valence-corrected chi connectivity index (χ3v) is 3.41. The van der Waals surface area contributed by atoms with E-state index >= 15 is 0 Å². The maximum absolute atomic E-state index is 4.03. The molecule has 0 radical (unpaired) electrons. The Hall–Kier alpha value is -2.07. The van der Waals surface area contributed by atoms with Gasteiger partial charge in [0.05, 0.1) is 5.69 Å². The normalized spacial score (nSPS) is 14.2. The van der Waals surface area contributed by atoms with Crippen LogP contribution < -0.4 is 10.3 Å². The van der Waals surface area contributed by atoms with E-state index in [2.05, 4.69) is 52.6 Å². The van der Waals surface area contributed by atoms with Crippen LogP contribution in [-0.2, 0) is 13.1 Å². The average Bonchev–Trinajstić information content (AvgIpc) is 2.81. The zero-order valence-corrected chi connectivity index (χ0v) is 11.3. The van der Waals surface area contributed by atoms with Crippen LogP contribution in [0.2, 0.25) is 0 Å². The molecule has 0 spiro atoms. The minimum absolute atomic E-state index is 0.923. The summed E-state index contributed by atoms with van der Waals surface area (Å²) in [6, 6.07) is 10.5. The van der Waals surface area contributed by atoms with E-state index in [4.69, 9.17) is 0 Å². The number of nitrogens with one attached hydrogen (secondary N) is 1. The number of hydrazine groups is 1. The first-order chi connectivity index (χ1) is 9.24. The lowest BCUT2D eigenvalue weighted by molar-refractivity contribution is 0.347. The number of benzene rings is 1. The van der Waals surface area contributed by atoms with Gasteiger partial charge in [-0.05, 0) is 29.3 Å². The summed E-state index contributed by atoms with van der Waals surface area (Å²) in [6.07, 6.45) is 3.60. The third-order valence-electron chi connectivity index (χ3n) is 3.41. The molecule has 0 saturated carbocycles. The van der Waals surface area contributed by atoms with E-state index in [9.17, 15) is 0 Å². The number of anilines is 2. The predicted octanol–water partition coefficient (Wildman–Crippen LogP) is 2.49. The van der Waals surface area contributed by atoms with Crippen molar-refractivity contribution in [2.24, 2.45) is 0 Å². The summed E-state index contributed by atoms with van der Waals surface area (Å²) in [5.74, 6) is 0. The molecule has 0 fully saturated rings. The van der Waals surface area contributed by atoms with Gasteiger partial charge in [-0.25, -0.2) is 5.01 Å². The molecule has 2 heterocycles. The zero-order chi connectivity index (χ0) is 13.2. The Morgan fingerprint density at radius 1 is 1.11 bits per heavy atom. The first-order valence-electron chi connectivity index (χ1n) is 6.44. The van der Waals surface area contributed by atoms with Crippen LogP contribution in [0.15, 0.2) is 42.7 Å². The van der Waals surface area contributed by atoms with Gasteiger partial charge in [0.25, 0.3) is 0 Å². The molecule has 3 rings (SSSR count). The van der Waals surface area contributed by atoms with E-state index in [1.54, 1.807) is 12.4 Å². The average molecular weight is 254 g/mol. The second-order valence-electron chi connectivity index (χ2n) is 5.01. The topological polar surface area (TPSA) is 31.4 Å². The van der Waals surface area contributed by atoms with Crippen molar-refractivity contribution < 1.29 is 0 Å². The standard InChI is InChI=1S/C15H18N4/c1-18(2)15-5-3-4-12-10-19(11-14(12)15)17-13-6-8-16-9-7-13/h3-9H,10-11H2,1-2H3,(H,16,17). The summed E-state index contributed by atoms with van der Waals surface area (Å²) >= 11 is 0. The lowest BCUT2D eigenvalue weighted by Gasteiger charge is -2.19. The zero-order valence-electron chi connectivity index (χ0n) is 11.3. The van der Waals surface area contributed by atoms with Gasteiger partial charge in [-0.15, -0.1) is 0 Å². The molecule has 1 aliphatic heterocycles. The van der Waals surface area contributed by atoms with Crippen LogP contribution in [0.3, 0.4) is 0 Å². The second-order valence-corrected chi connectivity index (χ2v) is 5.01. The molecule has 1 N–H and O–H groups in total. The lowest BCUT2D eigenvalue weighted by Crippen LogP contribution is -2.23. The van der Waals surface area contributed by atoms with Crippen molar-refractivity contribution in [1.82, 2.24) is 9.99 Å². The molecular weight excluding hydrogens is 236 g/mol. The summed E-state index contributed by atoms with van der Waals surface area (Å²) in [6.45, 7) is 1.85. The minimum atomic E-state index is 0.923. The number of aromatic nitrogens is 1. The van der Waals surface area contributed by atoms with Crippen molar-refractivity contribution in [3.63, 3.8) is 0 Å². The van der Waals surface area contributed by atoms with Gasteiger partial charge in [-0.1, -0.05) is 12.1 Å².